The largest absolute Gasteiger partial charge is 0.446 e. The van der Waals surface area contributed by atoms with Crippen molar-refractivity contribution in [1.29, 1.82) is 0 Å². The quantitative estimate of drug-likeness (QED) is 0.534. The molecule has 0 aliphatic heterocycles. The zero-order valence-electron chi connectivity index (χ0n) is 14.4. The minimum absolute atomic E-state index is 0.0104. The molecule has 0 saturated carbocycles. The Kier molecular flexibility index (Phi) is 5.95. The van der Waals surface area contributed by atoms with Crippen molar-refractivity contribution in [3.63, 3.8) is 0 Å². The second-order valence-electron chi connectivity index (χ2n) is 5.83. The van der Waals surface area contributed by atoms with Gasteiger partial charge in [0.25, 0.3) is 0 Å². The van der Waals surface area contributed by atoms with Crippen LogP contribution >= 0.6 is 27.7 Å². The van der Waals surface area contributed by atoms with Gasteiger partial charge in [0.2, 0.25) is 11.7 Å². The molecule has 3 aromatic rings. The fourth-order valence-electron chi connectivity index (χ4n) is 2.35. The number of nitrogens with zero attached hydrogens (tertiary/aromatic N) is 3. The number of carbonyl (C=O) groups is 1. The fraction of sp³-hybridized carbons (Fsp3) is 0.235. The van der Waals surface area contributed by atoms with Crippen LogP contribution in [0.25, 0.3) is 11.6 Å². The highest BCUT2D eigenvalue weighted by Crippen LogP contribution is 2.30. The van der Waals surface area contributed by atoms with Crippen molar-refractivity contribution in [2.45, 2.75) is 25.0 Å². The smallest absolute Gasteiger partial charge is 0.234 e. The van der Waals surface area contributed by atoms with Crippen LogP contribution in [-0.4, -0.2) is 26.4 Å². The molecule has 0 radical (unpaired) electrons. The Bertz CT molecular complexity index is 974. The molecule has 0 unspecified atom stereocenters. The number of aromatic nitrogens is 3. The van der Waals surface area contributed by atoms with Gasteiger partial charge in [-0.05, 0) is 54.0 Å². The number of benzene rings is 1. The van der Waals surface area contributed by atoms with Crippen molar-refractivity contribution >= 4 is 39.3 Å². The van der Waals surface area contributed by atoms with Gasteiger partial charge < -0.3 is 9.73 Å². The summed E-state index contributed by atoms with van der Waals surface area (Å²) in [5.74, 6) is -0.891. The number of carbonyl (C=O) groups excluding carboxylic acids is 1. The Balaban J connectivity index is 1.72. The summed E-state index contributed by atoms with van der Waals surface area (Å²) in [7, 11) is 0. The van der Waals surface area contributed by atoms with E-state index in [1.807, 2.05) is 18.4 Å². The molecule has 0 spiro atoms. The molecule has 27 heavy (non-hydrogen) atoms. The summed E-state index contributed by atoms with van der Waals surface area (Å²) in [6.45, 7) is 3.92. The Morgan fingerprint density at radius 3 is 2.70 bits per heavy atom. The monoisotopic (exact) mass is 456 g/mol. The molecule has 0 bridgehead atoms. The molecule has 0 saturated heterocycles. The average molecular weight is 457 g/mol. The van der Waals surface area contributed by atoms with Crippen LogP contribution < -0.4 is 5.32 Å². The zero-order chi connectivity index (χ0) is 19.6. The van der Waals surface area contributed by atoms with Crippen LogP contribution in [0.2, 0.25) is 0 Å². The minimum Gasteiger partial charge on any atom is -0.446 e. The van der Waals surface area contributed by atoms with Gasteiger partial charge in [0.1, 0.15) is 11.6 Å². The number of anilines is 1. The van der Waals surface area contributed by atoms with Crippen molar-refractivity contribution in [1.82, 2.24) is 14.8 Å². The van der Waals surface area contributed by atoms with Gasteiger partial charge in [-0.25, -0.2) is 8.78 Å². The first-order valence-corrected chi connectivity index (χ1v) is 9.71. The third kappa shape index (κ3) is 4.56. The first-order chi connectivity index (χ1) is 12.8. The molecular formula is C17H15BrF2N4O2S. The lowest BCUT2D eigenvalue weighted by Crippen LogP contribution is -2.16. The third-order valence-electron chi connectivity index (χ3n) is 3.51. The van der Waals surface area contributed by atoms with Crippen LogP contribution in [0.1, 0.15) is 19.9 Å². The first-order valence-electron chi connectivity index (χ1n) is 7.93. The summed E-state index contributed by atoms with van der Waals surface area (Å²) in [5.41, 5.74) is -0.0755. The predicted molar refractivity (Wildman–Crippen MR) is 102 cm³/mol. The second-order valence-corrected chi connectivity index (χ2v) is 7.56. The third-order valence-corrected chi connectivity index (χ3v) is 4.88. The van der Waals surface area contributed by atoms with E-state index in [1.54, 1.807) is 12.1 Å². The molecule has 2 heterocycles. The molecule has 6 nitrogen and oxygen atoms in total. The van der Waals surface area contributed by atoms with Gasteiger partial charge in [-0.2, -0.15) is 0 Å². The van der Waals surface area contributed by atoms with Gasteiger partial charge in [0.15, 0.2) is 15.6 Å². The second kappa shape index (κ2) is 8.22. The van der Waals surface area contributed by atoms with Crippen LogP contribution in [-0.2, 0) is 4.79 Å². The highest BCUT2D eigenvalue weighted by Gasteiger charge is 2.20. The fourth-order valence-corrected chi connectivity index (χ4v) is 3.52. The van der Waals surface area contributed by atoms with Crippen molar-refractivity contribution in [3.05, 3.63) is 46.6 Å². The number of rotatable bonds is 6. The van der Waals surface area contributed by atoms with E-state index >= 15 is 0 Å². The van der Waals surface area contributed by atoms with E-state index in [0.29, 0.717) is 27.5 Å². The Hall–Kier alpha value is -2.20. The van der Waals surface area contributed by atoms with Crippen LogP contribution in [0.4, 0.5) is 14.5 Å². The number of thioether (sulfide) groups is 1. The SMILES string of the molecule is CC(C)n1c(SCC(=O)Nc2ccc(F)cc2F)nnc1-c1ccc(Br)o1. The standard InChI is InChI=1S/C17H15BrF2N4O2S/c1-9(2)24-16(13-5-6-14(18)26-13)22-23-17(24)27-8-15(25)21-12-4-3-10(19)7-11(12)20/h3-7,9H,8H2,1-2H3,(H,21,25). The van der Waals surface area contributed by atoms with Crippen molar-refractivity contribution in [3.8, 4) is 11.6 Å². The van der Waals surface area contributed by atoms with E-state index in [9.17, 15) is 13.6 Å². The normalized spacial score (nSPS) is 11.2. The molecule has 1 amide bonds. The lowest BCUT2D eigenvalue weighted by Gasteiger charge is -2.12. The van der Waals surface area contributed by atoms with E-state index in [4.69, 9.17) is 4.42 Å². The average Bonchev–Trinajstić information content (AvgIpc) is 3.21. The van der Waals surface area contributed by atoms with Crippen LogP contribution in [0.15, 0.2) is 44.6 Å². The maximum atomic E-state index is 13.6. The van der Waals surface area contributed by atoms with Crippen LogP contribution in [0.5, 0.6) is 0 Å². The number of halogens is 3. The molecule has 0 aliphatic rings. The minimum atomic E-state index is -0.829. The molecule has 10 heteroatoms. The first kappa shape index (κ1) is 19.6. The van der Waals surface area contributed by atoms with E-state index in [0.717, 1.165) is 17.8 Å². The van der Waals surface area contributed by atoms with Crippen molar-refractivity contribution < 1.29 is 18.0 Å². The lowest BCUT2D eigenvalue weighted by molar-refractivity contribution is -0.113. The van der Waals surface area contributed by atoms with Gasteiger partial charge in [-0.1, -0.05) is 11.8 Å². The van der Waals surface area contributed by atoms with Gasteiger partial charge in [-0.15, -0.1) is 10.2 Å². The lowest BCUT2D eigenvalue weighted by atomic mass is 10.3. The van der Waals surface area contributed by atoms with Crippen LogP contribution in [0.3, 0.4) is 0 Å². The van der Waals surface area contributed by atoms with Gasteiger partial charge in [0, 0.05) is 12.1 Å². The summed E-state index contributed by atoms with van der Waals surface area (Å²) in [6.07, 6.45) is 0. The number of amides is 1. The number of nitrogens with one attached hydrogen (secondary N) is 1. The summed E-state index contributed by atoms with van der Waals surface area (Å²) >= 11 is 4.41. The predicted octanol–water partition coefficient (Wildman–Crippen LogP) is 4.89. The Morgan fingerprint density at radius 2 is 2.07 bits per heavy atom. The van der Waals surface area contributed by atoms with Crippen LogP contribution in [0, 0.1) is 11.6 Å². The molecule has 2 aromatic heterocycles. The summed E-state index contributed by atoms with van der Waals surface area (Å²) < 4.78 is 34.5. The van der Waals surface area contributed by atoms with Gasteiger partial charge in [0.05, 0.1) is 11.4 Å². The van der Waals surface area contributed by atoms with Gasteiger partial charge in [-0.3, -0.25) is 9.36 Å². The van der Waals surface area contributed by atoms with E-state index in [-0.39, 0.29) is 17.5 Å². The molecule has 0 aliphatic carbocycles. The molecule has 142 valence electrons. The highest BCUT2D eigenvalue weighted by atomic mass is 79.9. The topological polar surface area (TPSA) is 73.0 Å². The Labute approximate surface area is 166 Å². The molecule has 1 aromatic carbocycles. The highest BCUT2D eigenvalue weighted by molar-refractivity contribution is 9.10. The number of hydrogen-bond acceptors (Lipinski definition) is 5. The van der Waals surface area contributed by atoms with Gasteiger partial charge >= 0.3 is 0 Å². The van der Waals surface area contributed by atoms with E-state index in [1.165, 1.54) is 6.07 Å². The molecule has 0 fully saturated rings. The maximum absolute atomic E-state index is 13.6. The Morgan fingerprint density at radius 1 is 1.30 bits per heavy atom. The van der Waals surface area contributed by atoms with E-state index in [2.05, 4.69) is 31.4 Å². The van der Waals surface area contributed by atoms with Crippen molar-refractivity contribution in [2.24, 2.45) is 0 Å². The number of hydrogen-bond donors (Lipinski definition) is 1. The summed E-state index contributed by atoms with van der Waals surface area (Å²) in [5, 5.41) is 11.2. The van der Waals surface area contributed by atoms with E-state index < -0.39 is 17.5 Å². The van der Waals surface area contributed by atoms with Crippen molar-refractivity contribution in [2.75, 3.05) is 11.1 Å². The molecule has 0 atom stereocenters. The maximum Gasteiger partial charge on any atom is 0.234 e. The molecule has 3 rings (SSSR count). The summed E-state index contributed by atoms with van der Waals surface area (Å²) in [6, 6.07) is 6.52. The molecular weight excluding hydrogens is 442 g/mol. The number of furan rings is 1. The summed E-state index contributed by atoms with van der Waals surface area (Å²) in [4.78, 5) is 12.1. The zero-order valence-corrected chi connectivity index (χ0v) is 16.8. The molecule has 1 N–H and O–H groups in total.